The number of ketones is 1. The van der Waals surface area contributed by atoms with Gasteiger partial charge in [0.1, 0.15) is 29.4 Å². The number of carbonyl (C=O) groups is 4. The molecule has 13 heteroatoms. The second kappa shape index (κ2) is 18.6. The van der Waals surface area contributed by atoms with E-state index in [9.17, 15) is 36.7 Å². The van der Waals surface area contributed by atoms with Crippen LogP contribution < -0.4 is 15.0 Å². The zero-order valence-electron chi connectivity index (χ0n) is 30.5. The summed E-state index contributed by atoms with van der Waals surface area (Å²) in [5.74, 6) is -2.76. The summed E-state index contributed by atoms with van der Waals surface area (Å²) in [6.45, 7) is 2.45. The minimum absolute atomic E-state index is 0.147. The first-order valence-electron chi connectivity index (χ1n) is 18.9. The number of ether oxygens (including phenoxy) is 1. The molecule has 8 nitrogen and oxygen atoms in total. The van der Waals surface area contributed by atoms with Crippen molar-refractivity contribution >= 4 is 41.0 Å². The molecule has 3 aliphatic heterocycles. The van der Waals surface area contributed by atoms with Crippen LogP contribution >= 0.6 is 11.8 Å². The molecule has 5 rings (SSSR count). The molecule has 3 fully saturated rings. The van der Waals surface area contributed by atoms with E-state index in [-0.39, 0.29) is 43.3 Å². The SMILES string of the molecule is CCC[C@@H](CC[C@H](Cc1ccc(F)cc1)C(=O)C[C@H]1CCS[C@H]2CCC[C@@H](C(F)(F)F)N2C1=O)C(=O)N[C@H]1CCCCN(c2ccccc2OC)C1=O. The maximum absolute atomic E-state index is 14.1. The van der Waals surface area contributed by atoms with Crippen molar-refractivity contribution in [1.82, 2.24) is 10.2 Å². The molecule has 0 aliphatic carbocycles. The maximum atomic E-state index is 14.1. The van der Waals surface area contributed by atoms with Crippen molar-refractivity contribution in [3.8, 4) is 5.75 Å². The predicted octanol–water partition coefficient (Wildman–Crippen LogP) is 7.87. The maximum Gasteiger partial charge on any atom is 0.408 e. The topological polar surface area (TPSA) is 96.0 Å². The number of fused-ring (bicyclic) bond motifs is 1. The lowest BCUT2D eigenvalue weighted by atomic mass is 9.82. The first kappa shape index (κ1) is 40.6. The zero-order chi connectivity index (χ0) is 38.1. The first-order valence-corrected chi connectivity index (χ1v) is 20.0. The van der Waals surface area contributed by atoms with Gasteiger partial charge >= 0.3 is 6.18 Å². The molecule has 53 heavy (non-hydrogen) atoms. The number of halogens is 4. The van der Waals surface area contributed by atoms with Crippen LogP contribution in [0.2, 0.25) is 0 Å². The Hall–Kier alpha value is -3.61. The van der Waals surface area contributed by atoms with Crippen LogP contribution in [-0.2, 0) is 25.6 Å². The van der Waals surface area contributed by atoms with E-state index in [4.69, 9.17) is 4.74 Å². The summed E-state index contributed by atoms with van der Waals surface area (Å²) in [4.78, 5) is 58.2. The minimum Gasteiger partial charge on any atom is -0.495 e. The number of hydrogen-bond donors (Lipinski definition) is 1. The van der Waals surface area contributed by atoms with E-state index in [1.54, 1.807) is 30.2 Å². The molecule has 6 atom stereocenters. The average Bonchev–Trinajstić information content (AvgIpc) is 3.42. The third-order valence-corrected chi connectivity index (χ3v) is 12.2. The number of alkyl halides is 3. The van der Waals surface area contributed by atoms with Gasteiger partial charge in [-0.05, 0) is 106 Å². The molecule has 0 bridgehead atoms. The molecule has 2 aromatic rings. The van der Waals surface area contributed by atoms with Crippen LogP contribution in [0, 0.1) is 23.6 Å². The van der Waals surface area contributed by atoms with Crippen molar-refractivity contribution in [1.29, 1.82) is 0 Å². The van der Waals surface area contributed by atoms with Crippen molar-refractivity contribution in [2.45, 2.75) is 114 Å². The van der Waals surface area contributed by atoms with Gasteiger partial charge in [-0.2, -0.15) is 13.2 Å². The van der Waals surface area contributed by atoms with Crippen LogP contribution in [0.1, 0.15) is 89.5 Å². The number of methoxy groups -OCH3 is 1. The third-order valence-electron chi connectivity index (χ3n) is 10.9. The van der Waals surface area contributed by atoms with E-state index in [0.717, 1.165) is 17.7 Å². The van der Waals surface area contributed by atoms with Gasteiger partial charge in [0, 0.05) is 30.7 Å². The van der Waals surface area contributed by atoms with E-state index >= 15 is 0 Å². The number of benzene rings is 2. The number of anilines is 1. The average molecular weight is 762 g/mol. The predicted molar refractivity (Wildman–Crippen MR) is 197 cm³/mol. The Bertz CT molecular complexity index is 1570. The number of Topliss-reactive ketones (excluding diaryl/α,β-unsaturated/α-hetero) is 1. The summed E-state index contributed by atoms with van der Waals surface area (Å²) in [5.41, 5.74) is 1.35. The van der Waals surface area contributed by atoms with Gasteiger partial charge in [0.05, 0.1) is 18.2 Å². The second-order valence-corrected chi connectivity index (χ2v) is 15.8. The van der Waals surface area contributed by atoms with Crippen molar-refractivity contribution < 1.29 is 41.5 Å². The highest BCUT2D eigenvalue weighted by Gasteiger charge is 2.51. The van der Waals surface area contributed by atoms with Crippen molar-refractivity contribution in [3.05, 3.63) is 59.9 Å². The Kier molecular flexibility index (Phi) is 14.3. The number of carbonyl (C=O) groups excluding carboxylic acids is 4. The highest BCUT2D eigenvalue weighted by molar-refractivity contribution is 7.99. The van der Waals surface area contributed by atoms with E-state index in [0.29, 0.717) is 74.2 Å². The number of hydrogen-bond acceptors (Lipinski definition) is 6. The Morgan fingerprint density at radius 3 is 2.38 bits per heavy atom. The van der Waals surface area contributed by atoms with Gasteiger partial charge in [-0.3, -0.25) is 19.2 Å². The molecule has 3 heterocycles. The Balaban J connectivity index is 1.30. The molecule has 3 saturated heterocycles. The fourth-order valence-electron chi connectivity index (χ4n) is 8.02. The molecule has 0 aromatic heterocycles. The quantitative estimate of drug-likeness (QED) is 0.197. The van der Waals surface area contributed by atoms with Crippen molar-refractivity contribution in [2.75, 3.05) is 24.3 Å². The van der Waals surface area contributed by atoms with Gasteiger partial charge in [0.25, 0.3) is 0 Å². The van der Waals surface area contributed by atoms with Gasteiger partial charge in [-0.15, -0.1) is 11.8 Å². The Labute approximate surface area is 313 Å². The fourth-order valence-corrected chi connectivity index (χ4v) is 9.46. The van der Waals surface area contributed by atoms with Crippen LogP contribution in [0.3, 0.4) is 0 Å². The van der Waals surface area contributed by atoms with Gasteiger partial charge in [0.15, 0.2) is 0 Å². The van der Waals surface area contributed by atoms with Gasteiger partial charge in [-0.25, -0.2) is 4.39 Å². The van der Waals surface area contributed by atoms with Crippen LogP contribution in [0.15, 0.2) is 48.5 Å². The molecular formula is C40H51F4N3O5S. The largest absolute Gasteiger partial charge is 0.495 e. The molecule has 0 radical (unpaired) electrons. The summed E-state index contributed by atoms with van der Waals surface area (Å²) in [6.07, 6.45) is 0.336. The molecular weight excluding hydrogens is 711 g/mol. The summed E-state index contributed by atoms with van der Waals surface area (Å²) in [5, 5.41) is 2.46. The second-order valence-electron chi connectivity index (χ2n) is 14.5. The number of nitrogens with one attached hydrogen (secondary N) is 1. The summed E-state index contributed by atoms with van der Waals surface area (Å²) in [6, 6.07) is 10.5. The normalized spacial score (nSPS) is 23.7. The third kappa shape index (κ3) is 10.3. The molecule has 0 saturated carbocycles. The highest BCUT2D eigenvalue weighted by Crippen LogP contribution is 2.42. The Morgan fingerprint density at radius 2 is 1.66 bits per heavy atom. The van der Waals surface area contributed by atoms with Crippen molar-refractivity contribution in [2.24, 2.45) is 17.8 Å². The molecule has 3 amide bonds. The Morgan fingerprint density at radius 1 is 0.925 bits per heavy atom. The lowest BCUT2D eigenvalue weighted by Gasteiger charge is -2.42. The van der Waals surface area contributed by atoms with E-state index < -0.39 is 53.1 Å². The van der Waals surface area contributed by atoms with Crippen LogP contribution in [-0.4, -0.2) is 71.4 Å². The zero-order valence-corrected chi connectivity index (χ0v) is 31.4. The van der Waals surface area contributed by atoms with Crippen molar-refractivity contribution in [3.63, 3.8) is 0 Å². The standard InChI is InChI=1S/C40H51F4N3O5S/c1-3-9-27(37(49)45-31-10-6-7-22-46(39(31)51)32-11-4-5-12-34(32)52-2)17-18-28(24-26-15-19-30(41)20-16-26)33(48)25-29-21-23-53-36-14-8-13-35(40(42,43)44)47(36)38(29)50/h4-5,11-12,15-16,19-20,27-29,31,35-36H,3,6-10,13-14,17-18,21-25H2,1-2H3,(H,45,49)/t27-,28+,29+,31-,35-,36-/m0/s1. The van der Waals surface area contributed by atoms with Crippen LogP contribution in [0.4, 0.5) is 23.2 Å². The smallest absolute Gasteiger partial charge is 0.408 e. The number of thioether (sulfide) groups is 1. The highest BCUT2D eigenvalue weighted by atomic mass is 32.2. The first-order chi connectivity index (χ1) is 25.4. The van der Waals surface area contributed by atoms with E-state index in [1.165, 1.54) is 23.9 Å². The molecule has 2 aromatic carbocycles. The minimum atomic E-state index is -4.55. The fraction of sp³-hybridized carbons (Fsp3) is 0.600. The van der Waals surface area contributed by atoms with Crippen LogP contribution in [0.25, 0.3) is 0 Å². The molecule has 0 unspecified atom stereocenters. The summed E-state index contributed by atoms with van der Waals surface area (Å²) in [7, 11) is 1.55. The number of nitrogens with zero attached hydrogens (tertiary/aromatic N) is 2. The lowest BCUT2D eigenvalue weighted by Crippen LogP contribution is -2.56. The molecule has 3 aliphatic rings. The molecule has 1 N–H and O–H groups in total. The summed E-state index contributed by atoms with van der Waals surface area (Å²) >= 11 is 1.35. The number of rotatable bonds is 14. The van der Waals surface area contributed by atoms with E-state index in [1.807, 2.05) is 25.1 Å². The van der Waals surface area contributed by atoms with E-state index in [2.05, 4.69) is 5.32 Å². The van der Waals surface area contributed by atoms with Gasteiger partial charge in [0.2, 0.25) is 17.7 Å². The number of para-hydroxylation sites is 2. The van der Waals surface area contributed by atoms with Gasteiger partial charge < -0.3 is 19.9 Å². The summed E-state index contributed by atoms with van der Waals surface area (Å²) < 4.78 is 61.5. The van der Waals surface area contributed by atoms with Crippen LogP contribution in [0.5, 0.6) is 5.75 Å². The number of amides is 3. The monoisotopic (exact) mass is 761 g/mol. The molecule has 0 spiro atoms. The number of piperidine rings is 1. The lowest BCUT2D eigenvalue weighted by molar-refractivity contribution is -0.199. The van der Waals surface area contributed by atoms with Gasteiger partial charge in [-0.1, -0.05) is 37.6 Å². The molecule has 290 valence electrons.